The van der Waals surface area contributed by atoms with Gasteiger partial charge in [-0.2, -0.15) is 11.8 Å². The zero-order valence-electron chi connectivity index (χ0n) is 11.8. The molecule has 1 aliphatic rings. The zero-order valence-corrected chi connectivity index (χ0v) is 13.4. The van der Waals surface area contributed by atoms with Crippen molar-refractivity contribution in [1.29, 1.82) is 0 Å². The minimum absolute atomic E-state index is 0.0792. The molecule has 0 saturated heterocycles. The van der Waals surface area contributed by atoms with Gasteiger partial charge in [-0.1, -0.05) is 13.0 Å². The Bertz CT molecular complexity index is 551. The van der Waals surface area contributed by atoms with Crippen LogP contribution in [-0.2, 0) is 25.0 Å². The summed E-state index contributed by atoms with van der Waals surface area (Å²) in [6.45, 7) is 2.15. The number of thioether (sulfide) groups is 1. The number of fused-ring (bicyclic) bond motifs is 1. The minimum Gasteiger partial charge on any atom is -0.323 e. The second kappa shape index (κ2) is 6.29. The first kappa shape index (κ1) is 14.1. The van der Waals surface area contributed by atoms with Crippen LogP contribution >= 0.6 is 23.1 Å². The monoisotopic (exact) mass is 304 g/mol. The number of nitrogens with two attached hydrogens (primary N) is 1. The molecule has 0 amide bonds. The maximum absolute atomic E-state index is 6.37. The Balaban J connectivity index is 1.71. The highest BCUT2D eigenvalue weighted by Gasteiger charge is 2.17. The number of nitrogens with zero attached hydrogens (tertiary/aromatic N) is 1. The lowest BCUT2D eigenvalue weighted by Gasteiger charge is -2.09. The summed E-state index contributed by atoms with van der Waals surface area (Å²) in [7, 11) is 0. The molecule has 1 atom stereocenters. The molecule has 4 heteroatoms. The molecule has 2 N–H and O–H groups in total. The Morgan fingerprint density at radius 1 is 1.40 bits per heavy atom. The molecule has 2 aromatic heterocycles. The molecule has 0 spiro atoms. The van der Waals surface area contributed by atoms with E-state index >= 15 is 0 Å². The number of hydrogen-bond donors (Lipinski definition) is 1. The van der Waals surface area contributed by atoms with Crippen molar-refractivity contribution in [3.05, 3.63) is 51.0 Å². The van der Waals surface area contributed by atoms with Gasteiger partial charge in [-0.05, 0) is 41.9 Å². The molecule has 3 heterocycles. The second-order valence-electron chi connectivity index (χ2n) is 5.22. The van der Waals surface area contributed by atoms with Gasteiger partial charge >= 0.3 is 0 Å². The molecule has 1 aliphatic heterocycles. The second-order valence-corrected chi connectivity index (χ2v) is 7.50. The van der Waals surface area contributed by atoms with Crippen molar-refractivity contribution in [3.63, 3.8) is 0 Å². The fraction of sp³-hybridized carbons (Fsp3) is 0.438. The van der Waals surface area contributed by atoms with Crippen molar-refractivity contribution in [2.24, 2.45) is 5.73 Å². The summed E-state index contributed by atoms with van der Waals surface area (Å²) in [6.07, 6.45) is 5.05. The summed E-state index contributed by atoms with van der Waals surface area (Å²) in [5.74, 6) is 2.41. The Kier molecular flexibility index (Phi) is 4.44. The predicted molar refractivity (Wildman–Crippen MR) is 88.4 cm³/mol. The highest BCUT2D eigenvalue weighted by Crippen LogP contribution is 2.34. The van der Waals surface area contributed by atoms with Crippen LogP contribution in [0.2, 0.25) is 0 Å². The lowest BCUT2D eigenvalue weighted by Crippen LogP contribution is -2.12. The van der Waals surface area contributed by atoms with Gasteiger partial charge in [-0.25, -0.2) is 0 Å². The molecule has 0 aliphatic carbocycles. The van der Waals surface area contributed by atoms with Crippen LogP contribution in [0.5, 0.6) is 0 Å². The fourth-order valence-corrected chi connectivity index (χ4v) is 4.84. The Hall–Kier alpha value is -0.840. The number of hydrogen-bond acceptors (Lipinski definition) is 4. The van der Waals surface area contributed by atoms with E-state index in [-0.39, 0.29) is 6.04 Å². The van der Waals surface area contributed by atoms with Crippen LogP contribution in [0.25, 0.3) is 0 Å². The Labute approximate surface area is 128 Å². The van der Waals surface area contributed by atoms with Gasteiger partial charge in [0.15, 0.2) is 0 Å². The summed E-state index contributed by atoms with van der Waals surface area (Å²) >= 11 is 3.93. The molecule has 0 fully saturated rings. The largest absolute Gasteiger partial charge is 0.323 e. The van der Waals surface area contributed by atoms with Crippen molar-refractivity contribution in [2.75, 3.05) is 5.75 Å². The third kappa shape index (κ3) is 3.08. The number of aryl methyl sites for hydroxylation is 2. The molecule has 0 bridgehead atoms. The van der Waals surface area contributed by atoms with E-state index in [1.807, 2.05) is 29.3 Å². The smallest absolute Gasteiger partial charge is 0.0446 e. The normalized spacial score (nSPS) is 15.9. The third-order valence-corrected chi connectivity index (χ3v) is 6.11. The molecule has 0 saturated carbocycles. The zero-order chi connectivity index (χ0) is 13.9. The van der Waals surface area contributed by atoms with Crippen LogP contribution in [0.1, 0.15) is 39.5 Å². The van der Waals surface area contributed by atoms with Gasteiger partial charge in [-0.15, -0.1) is 11.3 Å². The lowest BCUT2D eigenvalue weighted by atomic mass is 10.1. The van der Waals surface area contributed by atoms with E-state index in [0.29, 0.717) is 0 Å². The number of pyridine rings is 1. The van der Waals surface area contributed by atoms with Gasteiger partial charge < -0.3 is 5.73 Å². The molecule has 1 unspecified atom stereocenters. The van der Waals surface area contributed by atoms with Crippen LogP contribution in [0, 0.1) is 0 Å². The van der Waals surface area contributed by atoms with Gasteiger partial charge in [0.05, 0.1) is 0 Å². The molecule has 106 valence electrons. The summed E-state index contributed by atoms with van der Waals surface area (Å²) in [6, 6.07) is 6.67. The first-order valence-electron chi connectivity index (χ1n) is 7.15. The molecule has 2 aromatic rings. The summed E-state index contributed by atoms with van der Waals surface area (Å²) < 4.78 is 0. The lowest BCUT2D eigenvalue weighted by molar-refractivity contribution is 0.718. The van der Waals surface area contributed by atoms with Crippen LogP contribution in [0.15, 0.2) is 24.4 Å². The number of thiophene rings is 1. The van der Waals surface area contributed by atoms with Crippen LogP contribution in [-0.4, -0.2) is 10.7 Å². The number of aromatic nitrogens is 1. The van der Waals surface area contributed by atoms with Crippen molar-refractivity contribution in [2.45, 2.75) is 38.0 Å². The first-order chi connectivity index (χ1) is 9.76. The fourth-order valence-electron chi connectivity index (χ4n) is 2.46. The van der Waals surface area contributed by atoms with E-state index in [1.165, 1.54) is 28.2 Å². The highest BCUT2D eigenvalue weighted by molar-refractivity contribution is 7.98. The average molecular weight is 304 g/mol. The van der Waals surface area contributed by atoms with E-state index < -0.39 is 0 Å². The molecular formula is C16H20N2S2. The maximum Gasteiger partial charge on any atom is 0.0446 e. The van der Waals surface area contributed by atoms with Crippen LogP contribution < -0.4 is 5.73 Å². The quantitative estimate of drug-likeness (QED) is 0.935. The van der Waals surface area contributed by atoms with Crippen LogP contribution in [0.4, 0.5) is 0 Å². The first-order valence-corrected chi connectivity index (χ1v) is 9.12. The maximum atomic E-state index is 6.37. The SMILES string of the molecule is CCc1ccc(CC(N)c2cc3c(s2)CCSC3)nc1. The number of rotatable bonds is 4. The van der Waals surface area contributed by atoms with E-state index in [4.69, 9.17) is 5.73 Å². The van der Waals surface area contributed by atoms with E-state index in [0.717, 1.165) is 24.3 Å². The van der Waals surface area contributed by atoms with E-state index in [1.54, 1.807) is 4.88 Å². The van der Waals surface area contributed by atoms with Crippen LogP contribution in [0.3, 0.4) is 0 Å². The topological polar surface area (TPSA) is 38.9 Å². The van der Waals surface area contributed by atoms with Gasteiger partial charge in [0.1, 0.15) is 0 Å². The van der Waals surface area contributed by atoms with Crippen molar-refractivity contribution < 1.29 is 0 Å². The standard InChI is InChI=1S/C16H20N2S2/c1-2-11-3-4-13(18-9-11)8-14(17)16-7-12-10-19-6-5-15(12)20-16/h3-4,7,9,14H,2,5-6,8,10,17H2,1H3. The average Bonchev–Trinajstić information content (AvgIpc) is 2.92. The highest BCUT2D eigenvalue weighted by atomic mass is 32.2. The summed E-state index contributed by atoms with van der Waals surface area (Å²) in [5.41, 5.74) is 10.3. The van der Waals surface area contributed by atoms with Gasteiger partial charge in [0.2, 0.25) is 0 Å². The van der Waals surface area contributed by atoms with Crippen molar-refractivity contribution in [3.8, 4) is 0 Å². The minimum atomic E-state index is 0.0792. The van der Waals surface area contributed by atoms with Gasteiger partial charge in [0.25, 0.3) is 0 Å². The van der Waals surface area contributed by atoms with Gasteiger partial charge in [-0.3, -0.25) is 4.98 Å². The molecule has 2 nitrogen and oxygen atoms in total. The van der Waals surface area contributed by atoms with E-state index in [9.17, 15) is 0 Å². The summed E-state index contributed by atoms with van der Waals surface area (Å²) in [5, 5.41) is 0. The van der Waals surface area contributed by atoms with Crippen molar-refractivity contribution in [1.82, 2.24) is 4.98 Å². The predicted octanol–water partition coefficient (Wildman–Crippen LogP) is 3.74. The van der Waals surface area contributed by atoms with E-state index in [2.05, 4.69) is 30.1 Å². The van der Waals surface area contributed by atoms with Gasteiger partial charge in [0, 0.05) is 39.9 Å². The Morgan fingerprint density at radius 2 is 2.30 bits per heavy atom. The molecule has 0 aromatic carbocycles. The molecular weight excluding hydrogens is 284 g/mol. The summed E-state index contributed by atoms with van der Waals surface area (Å²) in [4.78, 5) is 7.38. The molecule has 0 radical (unpaired) electrons. The molecule has 20 heavy (non-hydrogen) atoms. The third-order valence-electron chi connectivity index (χ3n) is 3.74. The molecule has 3 rings (SSSR count). The Morgan fingerprint density at radius 3 is 3.00 bits per heavy atom. The van der Waals surface area contributed by atoms with Crippen molar-refractivity contribution >= 4 is 23.1 Å².